The fraction of sp³-hybridized carbons (Fsp3) is 0.417. The zero-order chi connectivity index (χ0) is 10.5. The zero-order valence-corrected chi connectivity index (χ0v) is 8.57. The Bertz CT molecular complexity index is 364. The van der Waals surface area contributed by atoms with Crippen LogP contribution in [0.2, 0.25) is 0 Å². The van der Waals surface area contributed by atoms with Crippen LogP contribution in [0.5, 0.6) is 5.75 Å². The minimum Gasteiger partial charge on any atom is -0.489 e. The van der Waals surface area contributed by atoms with E-state index in [2.05, 4.69) is 11.4 Å². The minimum absolute atomic E-state index is 0.243. The molecule has 0 radical (unpaired) electrons. The van der Waals surface area contributed by atoms with Gasteiger partial charge in [0.25, 0.3) is 0 Å². The maximum atomic E-state index is 8.75. The lowest BCUT2D eigenvalue weighted by Gasteiger charge is -2.23. The molecule has 1 heterocycles. The normalized spacial score (nSPS) is 20.6. The van der Waals surface area contributed by atoms with Crippen LogP contribution in [0.1, 0.15) is 18.4 Å². The van der Waals surface area contributed by atoms with Crippen molar-refractivity contribution < 1.29 is 4.74 Å². The van der Waals surface area contributed by atoms with Gasteiger partial charge in [0.2, 0.25) is 0 Å². The van der Waals surface area contributed by atoms with Gasteiger partial charge in [0.15, 0.2) is 0 Å². The summed E-state index contributed by atoms with van der Waals surface area (Å²) in [5.41, 5.74) is 0.649. The second-order valence-corrected chi connectivity index (χ2v) is 3.73. The van der Waals surface area contributed by atoms with Crippen LogP contribution in [0.4, 0.5) is 0 Å². The number of nitrogens with one attached hydrogen (secondary N) is 1. The van der Waals surface area contributed by atoms with E-state index >= 15 is 0 Å². The van der Waals surface area contributed by atoms with Gasteiger partial charge in [0, 0.05) is 6.54 Å². The molecule has 1 aromatic rings. The maximum Gasteiger partial charge on any atom is 0.121 e. The third kappa shape index (κ3) is 2.71. The lowest BCUT2D eigenvalue weighted by Crippen LogP contribution is -2.37. The van der Waals surface area contributed by atoms with E-state index in [0.29, 0.717) is 5.56 Å². The van der Waals surface area contributed by atoms with Gasteiger partial charge in [-0.05, 0) is 37.6 Å². The number of ether oxygens (including phenoxy) is 1. The van der Waals surface area contributed by atoms with Crippen molar-refractivity contribution >= 4 is 0 Å². The number of benzene rings is 1. The predicted molar refractivity (Wildman–Crippen MR) is 57.7 cm³/mol. The van der Waals surface area contributed by atoms with Crippen LogP contribution in [0.3, 0.4) is 0 Å². The highest BCUT2D eigenvalue weighted by atomic mass is 16.5. The highest BCUT2D eigenvalue weighted by Gasteiger charge is 2.14. The molecule has 0 saturated carbocycles. The average Bonchev–Trinajstić information content (AvgIpc) is 2.31. The van der Waals surface area contributed by atoms with Crippen molar-refractivity contribution in [3.63, 3.8) is 0 Å². The Balaban J connectivity index is 2.00. The molecule has 1 fully saturated rings. The van der Waals surface area contributed by atoms with Crippen LogP contribution in [-0.4, -0.2) is 19.2 Å². The van der Waals surface area contributed by atoms with E-state index in [4.69, 9.17) is 10.00 Å². The molecule has 0 aromatic heterocycles. The third-order valence-corrected chi connectivity index (χ3v) is 2.52. The Labute approximate surface area is 89.7 Å². The molecule has 2 rings (SSSR count). The second-order valence-electron chi connectivity index (χ2n) is 3.73. The topological polar surface area (TPSA) is 45.0 Å². The minimum atomic E-state index is 0.243. The summed E-state index contributed by atoms with van der Waals surface area (Å²) < 4.78 is 5.78. The SMILES string of the molecule is N#Cc1cccc(OC2CCCNC2)c1. The van der Waals surface area contributed by atoms with Crippen molar-refractivity contribution in [3.05, 3.63) is 29.8 Å². The van der Waals surface area contributed by atoms with Gasteiger partial charge < -0.3 is 10.1 Å². The van der Waals surface area contributed by atoms with Gasteiger partial charge in [-0.2, -0.15) is 5.26 Å². The number of hydrogen-bond donors (Lipinski definition) is 1. The Morgan fingerprint density at radius 2 is 2.40 bits per heavy atom. The Morgan fingerprint density at radius 1 is 1.47 bits per heavy atom. The molecule has 0 bridgehead atoms. The molecule has 1 aromatic carbocycles. The van der Waals surface area contributed by atoms with Crippen LogP contribution in [0.25, 0.3) is 0 Å². The van der Waals surface area contributed by atoms with Crippen molar-refractivity contribution in [1.29, 1.82) is 5.26 Å². The van der Waals surface area contributed by atoms with E-state index in [1.54, 1.807) is 12.1 Å². The number of rotatable bonds is 2. The van der Waals surface area contributed by atoms with E-state index < -0.39 is 0 Å². The molecule has 0 spiro atoms. The quantitative estimate of drug-likeness (QED) is 0.793. The summed E-state index contributed by atoms with van der Waals surface area (Å²) in [5, 5.41) is 12.0. The second kappa shape index (κ2) is 4.81. The molecule has 78 valence electrons. The number of hydrogen-bond acceptors (Lipinski definition) is 3. The first-order valence-corrected chi connectivity index (χ1v) is 5.26. The Kier molecular flexibility index (Phi) is 3.21. The highest BCUT2D eigenvalue weighted by molar-refractivity contribution is 5.36. The molecular formula is C12H14N2O. The molecule has 3 heteroatoms. The van der Waals surface area contributed by atoms with Crippen LogP contribution < -0.4 is 10.1 Å². The summed E-state index contributed by atoms with van der Waals surface area (Å²) in [4.78, 5) is 0. The molecule has 1 N–H and O–H groups in total. The van der Waals surface area contributed by atoms with Crippen molar-refractivity contribution in [1.82, 2.24) is 5.32 Å². The fourth-order valence-corrected chi connectivity index (χ4v) is 1.75. The highest BCUT2D eigenvalue weighted by Crippen LogP contribution is 2.16. The molecule has 0 amide bonds. The van der Waals surface area contributed by atoms with E-state index in [1.165, 1.54) is 0 Å². The van der Waals surface area contributed by atoms with Crippen LogP contribution in [0.15, 0.2) is 24.3 Å². The van der Waals surface area contributed by atoms with Crippen molar-refractivity contribution in [2.24, 2.45) is 0 Å². The van der Waals surface area contributed by atoms with Crippen molar-refractivity contribution in [2.45, 2.75) is 18.9 Å². The van der Waals surface area contributed by atoms with E-state index in [-0.39, 0.29) is 6.10 Å². The van der Waals surface area contributed by atoms with Gasteiger partial charge >= 0.3 is 0 Å². The molecule has 1 saturated heterocycles. The summed E-state index contributed by atoms with van der Waals surface area (Å²) in [6, 6.07) is 9.43. The zero-order valence-electron chi connectivity index (χ0n) is 8.57. The van der Waals surface area contributed by atoms with Crippen LogP contribution in [-0.2, 0) is 0 Å². The van der Waals surface area contributed by atoms with Gasteiger partial charge in [0.1, 0.15) is 11.9 Å². The monoisotopic (exact) mass is 202 g/mol. The lowest BCUT2D eigenvalue weighted by molar-refractivity contribution is 0.167. The first-order valence-electron chi connectivity index (χ1n) is 5.26. The van der Waals surface area contributed by atoms with Gasteiger partial charge in [-0.3, -0.25) is 0 Å². The van der Waals surface area contributed by atoms with E-state index in [1.807, 2.05) is 12.1 Å². The van der Waals surface area contributed by atoms with Crippen molar-refractivity contribution in [3.8, 4) is 11.8 Å². The van der Waals surface area contributed by atoms with Crippen molar-refractivity contribution in [2.75, 3.05) is 13.1 Å². The van der Waals surface area contributed by atoms with Crippen LogP contribution in [0, 0.1) is 11.3 Å². The average molecular weight is 202 g/mol. The molecule has 1 aliphatic rings. The smallest absolute Gasteiger partial charge is 0.121 e. The fourth-order valence-electron chi connectivity index (χ4n) is 1.75. The molecular weight excluding hydrogens is 188 g/mol. The standard InChI is InChI=1S/C12H14N2O/c13-8-10-3-1-4-11(7-10)15-12-5-2-6-14-9-12/h1,3-4,7,12,14H,2,5-6,9H2. The van der Waals surface area contributed by atoms with Gasteiger partial charge in [-0.15, -0.1) is 0 Å². The summed E-state index contributed by atoms with van der Waals surface area (Å²) in [6.45, 7) is 1.98. The predicted octanol–water partition coefficient (Wildman–Crippen LogP) is 1.69. The summed E-state index contributed by atoms with van der Waals surface area (Å²) in [6.07, 6.45) is 2.49. The molecule has 15 heavy (non-hydrogen) atoms. The number of nitriles is 1. The van der Waals surface area contributed by atoms with Gasteiger partial charge in [0.05, 0.1) is 11.6 Å². The van der Waals surface area contributed by atoms with Crippen LogP contribution >= 0.6 is 0 Å². The van der Waals surface area contributed by atoms with Gasteiger partial charge in [-0.1, -0.05) is 6.07 Å². The number of nitrogens with zero attached hydrogens (tertiary/aromatic N) is 1. The third-order valence-electron chi connectivity index (χ3n) is 2.52. The first-order chi connectivity index (χ1) is 7.38. The molecule has 1 aliphatic heterocycles. The maximum absolute atomic E-state index is 8.75. The summed E-state index contributed by atoms with van der Waals surface area (Å²) in [5.74, 6) is 0.794. The number of piperidine rings is 1. The van der Waals surface area contributed by atoms with E-state index in [9.17, 15) is 0 Å². The Morgan fingerprint density at radius 3 is 3.13 bits per heavy atom. The van der Waals surface area contributed by atoms with E-state index in [0.717, 1.165) is 31.7 Å². The molecule has 1 atom stereocenters. The Hall–Kier alpha value is -1.53. The van der Waals surface area contributed by atoms with Gasteiger partial charge in [-0.25, -0.2) is 0 Å². The summed E-state index contributed by atoms with van der Waals surface area (Å²) >= 11 is 0. The largest absolute Gasteiger partial charge is 0.489 e. The lowest BCUT2D eigenvalue weighted by atomic mass is 10.1. The summed E-state index contributed by atoms with van der Waals surface area (Å²) in [7, 11) is 0. The first kappa shape index (κ1) is 10.0. The molecule has 1 unspecified atom stereocenters. The molecule has 3 nitrogen and oxygen atoms in total. The molecule has 0 aliphatic carbocycles.